The first kappa shape index (κ1) is 22.3. The Labute approximate surface area is 202 Å². The predicted molar refractivity (Wildman–Crippen MR) is 131 cm³/mol. The van der Waals surface area contributed by atoms with Gasteiger partial charge in [-0.05, 0) is 67.5 Å². The van der Waals surface area contributed by atoms with Gasteiger partial charge in [-0.2, -0.15) is 0 Å². The van der Waals surface area contributed by atoms with Crippen LogP contribution in [0.25, 0.3) is 0 Å². The molecule has 5 rings (SSSR count). The fourth-order valence-corrected chi connectivity index (χ4v) is 5.62. The van der Waals surface area contributed by atoms with Crippen molar-refractivity contribution in [2.75, 3.05) is 4.90 Å². The second-order valence-corrected chi connectivity index (χ2v) is 9.93. The van der Waals surface area contributed by atoms with E-state index in [1.165, 1.54) is 34.3 Å². The van der Waals surface area contributed by atoms with Crippen molar-refractivity contribution in [3.63, 3.8) is 0 Å². The molecule has 3 aromatic rings. The molecule has 1 aliphatic carbocycles. The van der Waals surface area contributed by atoms with E-state index in [-0.39, 0.29) is 18.4 Å². The lowest BCUT2D eigenvalue weighted by Gasteiger charge is -2.23. The molecule has 2 aliphatic rings. The quantitative estimate of drug-likeness (QED) is 0.548. The van der Waals surface area contributed by atoms with Crippen molar-refractivity contribution in [3.8, 4) is 0 Å². The number of thiazole rings is 1. The summed E-state index contributed by atoms with van der Waals surface area (Å²) in [7, 11) is 0. The molecular weight excluding hydrogens is 448 g/mol. The summed E-state index contributed by atoms with van der Waals surface area (Å²) in [6.45, 7) is 5.25. The highest BCUT2D eigenvalue weighted by molar-refractivity contribution is 7.14. The summed E-state index contributed by atoms with van der Waals surface area (Å²) >= 11 is 1.31. The third-order valence-electron chi connectivity index (χ3n) is 6.58. The molecule has 1 aromatic heterocycles. The van der Waals surface area contributed by atoms with Gasteiger partial charge in [-0.25, -0.2) is 9.78 Å². The van der Waals surface area contributed by atoms with Crippen LogP contribution < -0.4 is 10.2 Å². The van der Waals surface area contributed by atoms with E-state index < -0.39 is 11.6 Å². The molecule has 34 heavy (non-hydrogen) atoms. The van der Waals surface area contributed by atoms with Gasteiger partial charge in [0.15, 0.2) is 5.13 Å². The Hall–Kier alpha value is -3.52. The number of carbonyl (C=O) groups excluding carboxylic acids is 3. The molecule has 0 saturated carbocycles. The van der Waals surface area contributed by atoms with Gasteiger partial charge in [0.2, 0.25) is 5.91 Å². The van der Waals surface area contributed by atoms with E-state index in [4.69, 9.17) is 0 Å². The Bertz CT molecular complexity index is 1320. The molecule has 1 unspecified atom stereocenters. The van der Waals surface area contributed by atoms with Crippen molar-refractivity contribution >= 4 is 40.0 Å². The molecule has 0 radical (unpaired) electrons. The van der Waals surface area contributed by atoms with Crippen LogP contribution in [0.4, 0.5) is 15.6 Å². The number of nitrogens with zero attached hydrogens (tertiary/aromatic N) is 3. The van der Waals surface area contributed by atoms with E-state index >= 15 is 0 Å². The maximum atomic E-state index is 13.4. The number of nitrogens with one attached hydrogen (secondary N) is 1. The highest BCUT2D eigenvalue weighted by atomic mass is 32.1. The summed E-state index contributed by atoms with van der Waals surface area (Å²) in [6.07, 6.45) is 3.18. The Balaban J connectivity index is 1.38. The van der Waals surface area contributed by atoms with Gasteiger partial charge in [0.25, 0.3) is 5.91 Å². The molecule has 0 spiro atoms. The maximum Gasteiger partial charge on any atom is 0.325 e. The molecule has 1 aliphatic heterocycles. The number of hydrogen-bond acceptors (Lipinski definition) is 5. The molecule has 7 nitrogen and oxygen atoms in total. The fraction of sp³-hybridized carbons (Fsp3) is 0.308. The van der Waals surface area contributed by atoms with E-state index in [9.17, 15) is 14.4 Å². The van der Waals surface area contributed by atoms with Crippen molar-refractivity contribution in [2.24, 2.45) is 0 Å². The minimum absolute atomic E-state index is 0.0429. The number of aromatic nitrogens is 1. The van der Waals surface area contributed by atoms with Crippen molar-refractivity contribution in [3.05, 3.63) is 75.8 Å². The van der Waals surface area contributed by atoms with Crippen LogP contribution in [-0.4, -0.2) is 27.7 Å². The number of hydrogen-bond donors (Lipinski definition) is 1. The molecule has 1 atom stereocenters. The van der Waals surface area contributed by atoms with Crippen LogP contribution in [0.5, 0.6) is 0 Å². The average molecular weight is 475 g/mol. The first-order valence-electron chi connectivity index (χ1n) is 11.3. The highest BCUT2D eigenvalue weighted by Gasteiger charge is 2.49. The zero-order valence-corrected chi connectivity index (χ0v) is 20.2. The Morgan fingerprint density at radius 1 is 1.18 bits per heavy atom. The third-order valence-corrected chi connectivity index (χ3v) is 7.45. The Morgan fingerprint density at radius 2 is 1.97 bits per heavy atom. The van der Waals surface area contributed by atoms with Gasteiger partial charge in [-0.1, -0.05) is 30.3 Å². The molecule has 8 heteroatoms. The van der Waals surface area contributed by atoms with Crippen LogP contribution in [-0.2, 0) is 34.5 Å². The van der Waals surface area contributed by atoms with Gasteiger partial charge in [-0.3, -0.25) is 19.4 Å². The Kier molecular flexibility index (Phi) is 5.48. The van der Waals surface area contributed by atoms with Gasteiger partial charge < -0.3 is 5.32 Å². The van der Waals surface area contributed by atoms with Gasteiger partial charge in [0.1, 0.15) is 5.54 Å². The summed E-state index contributed by atoms with van der Waals surface area (Å²) in [5, 5.41) is 5.17. The molecule has 2 heterocycles. The van der Waals surface area contributed by atoms with Crippen LogP contribution in [0.3, 0.4) is 0 Å². The van der Waals surface area contributed by atoms with Crippen LogP contribution >= 0.6 is 11.3 Å². The SMILES string of the molecule is CC(=O)N(c1cccc(C)c1)c1nc(CN2C(=O)NC(C)(c3ccc4c(c3)CCC4)C2=O)cs1. The number of urea groups is 1. The number of anilines is 2. The number of rotatable bonds is 5. The highest BCUT2D eigenvalue weighted by Crippen LogP contribution is 2.34. The monoisotopic (exact) mass is 474 g/mol. The number of imide groups is 1. The molecular formula is C26H26N4O3S. The van der Waals surface area contributed by atoms with E-state index in [0.29, 0.717) is 10.8 Å². The lowest BCUT2D eigenvalue weighted by atomic mass is 9.89. The topological polar surface area (TPSA) is 82.6 Å². The lowest BCUT2D eigenvalue weighted by molar-refractivity contribution is -0.131. The van der Waals surface area contributed by atoms with Crippen LogP contribution in [0.1, 0.15) is 48.2 Å². The third kappa shape index (κ3) is 3.77. The van der Waals surface area contributed by atoms with E-state index in [1.54, 1.807) is 17.2 Å². The van der Waals surface area contributed by atoms with Gasteiger partial charge in [0.05, 0.1) is 17.9 Å². The number of carbonyl (C=O) groups is 3. The summed E-state index contributed by atoms with van der Waals surface area (Å²) in [5.41, 5.74) is 4.58. The second kappa shape index (κ2) is 8.36. The number of amides is 4. The second-order valence-electron chi connectivity index (χ2n) is 9.10. The van der Waals surface area contributed by atoms with Crippen molar-refractivity contribution < 1.29 is 14.4 Å². The Morgan fingerprint density at radius 3 is 2.74 bits per heavy atom. The normalized spacial score (nSPS) is 19.3. The van der Waals surface area contributed by atoms with E-state index in [2.05, 4.69) is 22.4 Å². The van der Waals surface area contributed by atoms with E-state index in [1.807, 2.05) is 37.3 Å². The molecule has 1 N–H and O–H groups in total. The van der Waals surface area contributed by atoms with Crippen molar-refractivity contribution in [1.82, 2.24) is 15.2 Å². The van der Waals surface area contributed by atoms with Gasteiger partial charge in [0, 0.05) is 12.3 Å². The van der Waals surface area contributed by atoms with Gasteiger partial charge >= 0.3 is 6.03 Å². The van der Waals surface area contributed by atoms with Gasteiger partial charge in [-0.15, -0.1) is 11.3 Å². The zero-order chi connectivity index (χ0) is 24.0. The smallest absolute Gasteiger partial charge is 0.319 e. The van der Waals surface area contributed by atoms with Crippen LogP contribution in [0.2, 0.25) is 0 Å². The lowest BCUT2D eigenvalue weighted by Crippen LogP contribution is -2.41. The van der Waals surface area contributed by atoms with Crippen molar-refractivity contribution in [2.45, 2.75) is 52.1 Å². The van der Waals surface area contributed by atoms with E-state index in [0.717, 1.165) is 36.1 Å². The summed E-state index contributed by atoms with van der Waals surface area (Å²) < 4.78 is 0. The van der Waals surface area contributed by atoms with Crippen molar-refractivity contribution in [1.29, 1.82) is 0 Å². The zero-order valence-electron chi connectivity index (χ0n) is 19.4. The fourth-order valence-electron chi connectivity index (χ4n) is 4.75. The molecule has 174 valence electrons. The molecule has 0 bridgehead atoms. The predicted octanol–water partition coefficient (Wildman–Crippen LogP) is 4.59. The molecule has 1 saturated heterocycles. The first-order valence-corrected chi connectivity index (χ1v) is 12.2. The maximum absolute atomic E-state index is 13.4. The number of fused-ring (bicyclic) bond motifs is 1. The molecule has 2 aromatic carbocycles. The van der Waals surface area contributed by atoms with Crippen LogP contribution in [0, 0.1) is 6.92 Å². The average Bonchev–Trinajstić information content (AvgIpc) is 3.50. The molecule has 1 fully saturated rings. The standard InChI is InChI=1S/C26H26N4O3S/c1-16-6-4-9-22(12-16)30(17(2)31)25-27-21(15-34-25)14-29-23(32)26(3,28-24(29)33)20-11-10-18-7-5-8-19(18)13-20/h4,6,9-13,15H,5,7-8,14H2,1-3H3,(H,28,33). The van der Waals surface area contributed by atoms with Crippen LogP contribution in [0.15, 0.2) is 47.8 Å². The first-order chi connectivity index (χ1) is 16.3. The minimum atomic E-state index is -1.11. The largest absolute Gasteiger partial charge is 0.325 e. The summed E-state index contributed by atoms with van der Waals surface area (Å²) in [5.74, 6) is -0.460. The minimum Gasteiger partial charge on any atom is -0.319 e. The summed E-state index contributed by atoms with van der Waals surface area (Å²) in [4.78, 5) is 46.0. The number of aryl methyl sites for hydroxylation is 3. The molecule has 4 amide bonds. The number of benzene rings is 2. The summed E-state index contributed by atoms with van der Waals surface area (Å²) in [6, 6.07) is 13.3.